The maximum absolute atomic E-state index is 7.66. The summed E-state index contributed by atoms with van der Waals surface area (Å²) in [4.78, 5) is 1.99. The van der Waals surface area contributed by atoms with E-state index in [0.29, 0.717) is 0 Å². The molecular weight excluding hydrogens is 217 g/mol. The SMILES string of the molecule is N#[C][Fe][AlH2].[Ag]. The van der Waals surface area contributed by atoms with Gasteiger partial charge in [-0.3, -0.25) is 0 Å². The Hall–Kier alpha value is 1.28. The predicted molar refractivity (Wildman–Crippen MR) is 14.2 cm³/mol. The molecule has 0 aromatic rings. The van der Waals surface area contributed by atoms with Gasteiger partial charge in [0.25, 0.3) is 0 Å². The van der Waals surface area contributed by atoms with Gasteiger partial charge >= 0.3 is 37.7 Å². The zero-order valence-electron chi connectivity index (χ0n) is 2.60. The summed E-state index contributed by atoms with van der Waals surface area (Å²) in [5.41, 5.74) is 0. The van der Waals surface area contributed by atoms with Gasteiger partial charge in [-0.05, 0) is 0 Å². The zero-order valence-corrected chi connectivity index (χ0v) is 7.19. The van der Waals surface area contributed by atoms with Crippen molar-refractivity contribution in [1.29, 1.82) is 5.26 Å². The van der Waals surface area contributed by atoms with Crippen LogP contribution in [0.1, 0.15) is 0 Å². The third-order valence-electron chi connectivity index (χ3n) is 0.0791. The van der Waals surface area contributed by atoms with E-state index >= 15 is 0 Å². The van der Waals surface area contributed by atoms with Crippen LogP contribution in [0.15, 0.2) is 0 Å². The Labute approximate surface area is 59.7 Å². The summed E-state index contributed by atoms with van der Waals surface area (Å²) in [6, 6.07) is 0. The van der Waals surface area contributed by atoms with Crippen LogP contribution in [0.5, 0.6) is 0 Å². The molecule has 0 N–H and O–H groups in total. The van der Waals surface area contributed by atoms with Gasteiger partial charge in [0.1, 0.15) is 0 Å². The molecule has 5 heavy (non-hydrogen) atoms. The summed E-state index contributed by atoms with van der Waals surface area (Å²) < 4.78 is 0. The molecule has 0 saturated carbocycles. The van der Waals surface area contributed by atoms with E-state index in [9.17, 15) is 0 Å². The minimum absolute atomic E-state index is 0. The van der Waals surface area contributed by atoms with Crippen LogP contribution in [0, 0.1) is 10.2 Å². The molecule has 0 aliphatic rings. The van der Waals surface area contributed by atoms with Crippen molar-refractivity contribution in [2.75, 3.05) is 0 Å². The van der Waals surface area contributed by atoms with Gasteiger partial charge in [0.2, 0.25) is 0 Å². The molecule has 0 atom stereocenters. The topological polar surface area (TPSA) is 23.8 Å². The molecule has 0 unspecified atom stereocenters. The van der Waals surface area contributed by atoms with E-state index in [1.165, 1.54) is 0 Å². The summed E-state index contributed by atoms with van der Waals surface area (Å²) in [7, 11) is 0. The van der Waals surface area contributed by atoms with E-state index in [1.807, 2.05) is 4.97 Å². The minimum atomic E-state index is 0. The van der Waals surface area contributed by atoms with Crippen molar-refractivity contribution in [2.45, 2.75) is 0 Å². The summed E-state index contributed by atoms with van der Waals surface area (Å²) in [6.45, 7) is 0. The van der Waals surface area contributed by atoms with E-state index in [4.69, 9.17) is 5.26 Å². The van der Waals surface area contributed by atoms with Crippen LogP contribution in [-0.2, 0) is 35.5 Å². The van der Waals surface area contributed by atoms with Crippen molar-refractivity contribution in [2.24, 2.45) is 0 Å². The Balaban J connectivity index is 0. The van der Waals surface area contributed by atoms with Gasteiger partial charge in [0.15, 0.2) is 0 Å². The molecule has 0 spiro atoms. The van der Waals surface area contributed by atoms with E-state index in [1.54, 1.807) is 0 Å². The number of rotatable bonds is 0. The molecule has 0 amide bonds. The van der Waals surface area contributed by atoms with Crippen molar-refractivity contribution in [1.82, 2.24) is 0 Å². The third kappa shape index (κ3) is 10.9. The summed E-state index contributed by atoms with van der Waals surface area (Å²) in [6.07, 6.45) is 0. The molecule has 0 aromatic heterocycles. The molecule has 0 heterocycles. The first-order chi connectivity index (χ1) is 1.91. The fourth-order valence-electron chi connectivity index (χ4n) is 0. The Bertz CT molecular complexity index is 41.4. The van der Waals surface area contributed by atoms with Crippen LogP contribution >= 0.6 is 0 Å². The van der Waals surface area contributed by atoms with Gasteiger partial charge in [-0.1, -0.05) is 0 Å². The van der Waals surface area contributed by atoms with Gasteiger partial charge in [-0.25, -0.2) is 0 Å². The van der Waals surface area contributed by atoms with E-state index in [0.717, 1.165) is 27.5 Å². The molecule has 1 nitrogen and oxygen atoms in total. The summed E-state index contributed by atoms with van der Waals surface area (Å²) in [5.74, 6) is 0. The molecule has 1 radical (unpaired) electrons. The monoisotopic (exact) mass is 218 g/mol. The predicted octanol–water partition coefficient (Wildman–Crippen LogP) is -0.904. The summed E-state index contributed by atoms with van der Waals surface area (Å²) in [5, 5.41) is 7.66. The number of nitrogens with zero attached hydrogens (tertiary/aromatic N) is 1. The minimum Gasteiger partial charge on any atom is 0 e. The first-order valence-electron chi connectivity index (χ1n) is 0.754. The Morgan fingerprint density at radius 3 is 2.00 bits per heavy atom. The molecule has 0 bridgehead atoms. The van der Waals surface area contributed by atoms with Gasteiger partial charge in [-0.15, -0.1) is 0 Å². The molecular formula is CH2AgAlFeN. The molecule has 33 valence electrons. The zero-order chi connectivity index (χ0) is 3.41. The van der Waals surface area contributed by atoms with Crippen molar-refractivity contribution in [3.63, 3.8) is 0 Å². The van der Waals surface area contributed by atoms with Crippen molar-refractivity contribution >= 4 is 14.4 Å². The van der Waals surface area contributed by atoms with Crippen molar-refractivity contribution < 1.29 is 35.5 Å². The van der Waals surface area contributed by atoms with Gasteiger partial charge in [0, 0.05) is 22.4 Å². The molecule has 0 aliphatic carbocycles. The van der Waals surface area contributed by atoms with E-state index in [-0.39, 0.29) is 22.4 Å². The standard InChI is InChI=1S/CN.Ag.Al.Fe.2H/c1-2;;;;;. The summed E-state index contributed by atoms with van der Waals surface area (Å²) >= 11 is 1.79. The molecule has 0 aliphatic heterocycles. The van der Waals surface area contributed by atoms with Crippen LogP contribution < -0.4 is 0 Å². The van der Waals surface area contributed by atoms with Crippen LogP contribution in [0.4, 0.5) is 0 Å². The number of nitriles is 1. The second-order valence-electron chi connectivity index (χ2n) is 0.256. The average Bonchev–Trinajstić information content (AvgIpc) is 1.37. The first-order valence-corrected chi connectivity index (χ1v) is 5.33. The molecule has 0 aromatic carbocycles. The maximum atomic E-state index is 7.66. The average molecular weight is 219 g/mol. The Morgan fingerprint density at radius 2 is 2.00 bits per heavy atom. The molecule has 4 heteroatoms. The van der Waals surface area contributed by atoms with Crippen LogP contribution in [0.2, 0.25) is 0 Å². The molecule has 0 rings (SSSR count). The third-order valence-corrected chi connectivity index (χ3v) is 0.978. The van der Waals surface area contributed by atoms with Gasteiger partial charge in [-0.2, -0.15) is 0 Å². The first kappa shape index (κ1) is 9.56. The fourth-order valence-corrected chi connectivity index (χ4v) is 0. The van der Waals surface area contributed by atoms with E-state index in [2.05, 4.69) is 0 Å². The number of hydrogen-bond donors (Lipinski definition) is 0. The Kier molecular flexibility index (Phi) is 17.2. The smallest absolute Gasteiger partial charge is 0 e. The number of hydrogen-bond acceptors (Lipinski definition) is 1. The Morgan fingerprint density at radius 1 is 1.80 bits per heavy atom. The molecule has 0 fully saturated rings. The normalized spacial score (nSPS) is 4.60. The van der Waals surface area contributed by atoms with E-state index < -0.39 is 0 Å². The van der Waals surface area contributed by atoms with Crippen LogP contribution in [0.3, 0.4) is 0 Å². The largest absolute Gasteiger partial charge is 0 e. The maximum Gasteiger partial charge on any atom is 0 e. The van der Waals surface area contributed by atoms with Crippen molar-refractivity contribution in [3.8, 4) is 4.97 Å². The van der Waals surface area contributed by atoms with Crippen LogP contribution in [-0.4, -0.2) is 14.4 Å². The van der Waals surface area contributed by atoms with Crippen LogP contribution in [0.25, 0.3) is 0 Å². The fraction of sp³-hybridized carbons (Fsp3) is 0. The second-order valence-corrected chi connectivity index (χ2v) is 2.51. The van der Waals surface area contributed by atoms with Crippen molar-refractivity contribution in [3.05, 3.63) is 0 Å². The van der Waals surface area contributed by atoms with Gasteiger partial charge in [0.05, 0.1) is 0 Å². The second kappa shape index (κ2) is 8.99. The van der Waals surface area contributed by atoms with Gasteiger partial charge < -0.3 is 0 Å². The molecule has 0 saturated heterocycles. The quantitative estimate of drug-likeness (QED) is 0.484.